The molecular weight excluding hydrogens is 445 g/mol. The lowest BCUT2D eigenvalue weighted by Crippen LogP contribution is -2.14. The van der Waals surface area contributed by atoms with Crippen molar-refractivity contribution in [2.45, 2.75) is 6.92 Å². The van der Waals surface area contributed by atoms with Crippen molar-refractivity contribution in [3.05, 3.63) is 85.9 Å². The van der Waals surface area contributed by atoms with Crippen molar-refractivity contribution in [3.8, 4) is 10.6 Å². The van der Waals surface area contributed by atoms with Crippen LogP contribution in [0.5, 0.6) is 0 Å². The van der Waals surface area contributed by atoms with E-state index < -0.39 is 10.8 Å². The van der Waals surface area contributed by atoms with Gasteiger partial charge in [-0.3, -0.25) is 14.9 Å². The average molecular weight is 458 g/mol. The Morgan fingerprint density at radius 3 is 2.60 bits per heavy atom. The number of carbonyl (C=O) groups excluding carboxylic acids is 1. The number of fused-ring (bicyclic) bond motifs is 1. The topological polar surface area (TPSA) is 85.1 Å². The van der Waals surface area contributed by atoms with E-state index in [-0.39, 0.29) is 21.8 Å². The summed E-state index contributed by atoms with van der Waals surface area (Å²) in [5.74, 6) is -0.504. The maximum atomic E-state index is 12.8. The number of nitrogens with zero attached hydrogens (tertiary/aromatic N) is 2. The van der Waals surface area contributed by atoms with E-state index in [0.717, 1.165) is 10.2 Å². The Labute approximate surface area is 185 Å². The molecule has 0 unspecified atom stereocenters. The molecule has 150 valence electrons. The fourth-order valence-corrected chi connectivity index (χ4v) is 4.62. The maximum absolute atomic E-state index is 12.8. The Bertz CT molecular complexity index is 1290. The first-order chi connectivity index (χ1) is 14.3. The number of anilines is 1. The third-order valence-electron chi connectivity index (χ3n) is 4.58. The zero-order valence-electron chi connectivity index (χ0n) is 15.5. The van der Waals surface area contributed by atoms with Crippen LogP contribution in [0.2, 0.25) is 10.0 Å². The molecule has 0 atom stereocenters. The van der Waals surface area contributed by atoms with Gasteiger partial charge in [-0.05, 0) is 37.3 Å². The molecule has 0 radical (unpaired) electrons. The van der Waals surface area contributed by atoms with Crippen LogP contribution in [0.15, 0.2) is 54.6 Å². The van der Waals surface area contributed by atoms with E-state index >= 15 is 0 Å². The Morgan fingerprint density at radius 1 is 1.10 bits per heavy atom. The van der Waals surface area contributed by atoms with Crippen LogP contribution < -0.4 is 5.32 Å². The molecule has 1 amide bonds. The highest BCUT2D eigenvalue weighted by atomic mass is 35.5. The molecule has 1 N–H and O–H groups in total. The summed E-state index contributed by atoms with van der Waals surface area (Å²) >= 11 is 14.2. The first kappa shape index (κ1) is 20.3. The normalized spacial score (nSPS) is 10.9. The van der Waals surface area contributed by atoms with Crippen molar-refractivity contribution < 1.29 is 9.72 Å². The lowest BCUT2D eigenvalue weighted by atomic mass is 10.1. The van der Waals surface area contributed by atoms with Crippen molar-refractivity contribution in [1.29, 1.82) is 0 Å². The van der Waals surface area contributed by atoms with E-state index in [1.807, 2.05) is 24.3 Å². The molecule has 0 aliphatic carbocycles. The lowest BCUT2D eigenvalue weighted by Gasteiger charge is -2.11. The third kappa shape index (κ3) is 3.75. The standard InChI is InChI=1S/C21H13Cl2N3O3S/c1-11-12(5-4-7-18(11)26(28)29)20(27)24-17-9-13(14(22)10-15(17)23)21-25-16-6-2-3-8-19(16)30-21/h2-10H,1H3,(H,24,27). The summed E-state index contributed by atoms with van der Waals surface area (Å²) in [6, 6.07) is 15.3. The second kappa shape index (κ2) is 8.02. The van der Waals surface area contributed by atoms with Gasteiger partial charge in [0.25, 0.3) is 11.6 Å². The predicted molar refractivity (Wildman–Crippen MR) is 121 cm³/mol. The van der Waals surface area contributed by atoms with Gasteiger partial charge in [0.15, 0.2) is 0 Å². The highest BCUT2D eigenvalue weighted by Crippen LogP contribution is 2.39. The number of nitro benzene ring substituents is 1. The number of hydrogen-bond donors (Lipinski definition) is 1. The fraction of sp³-hybridized carbons (Fsp3) is 0.0476. The van der Waals surface area contributed by atoms with E-state index in [1.54, 1.807) is 12.1 Å². The molecule has 0 aliphatic heterocycles. The zero-order valence-corrected chi connectivity index (χ0v) is 17.8. The van der Waals surface area contributed by atoms with Crippen LogP contribution in [-0.4, -0.2) is 15.8 Å². The summed E-state index contributed by atoms with van der Waals surface area (Å²) in [6.07, 6.45) is 0. The molecule has 1 heterocycles. The minimum absolute atomic E-state index is 0.125. The molecule has 0 saturated carbocycles. The molecule has 0 spiro atoms. The van der Waals surface area contributed by atoms with Crippen LogP contribution >= 0.6 is 34.5 Å². The second-order valence-electron chi connectivity index (χ2n) is 6.46. The zero-order chi connectivity index (χ0) is 21.4. The number of rotatable bonds is 4. The van der Waals surface area contributed by atoms with Crippen molar-refractivity contribution in [3.63, 3.8) is 0 Å². The van der Waals surface area contributed by atoms with E-state index in [1.165, 1.54) is 36.5 Å². The number of hydrogen-bond acceptors (Lipinski definition) is 5. The maximum Gasteiger partial charge on any atom is 0.273 e. The number of aromatic nitrogens is 1. The molecule has 30 heavy (non-hydrogen) atoms. The van der Waals surface area contributed by atoms with Crippen LogP contribution in [0.4, 0.5) is 11.4 Å². The number of amides is 1. The Balaban J connectivity index is 1.72. The quantitative estimate of drug-likeness (QED) is 0.271. The fourth-order valence-electron chi connectivity index (χ4n) is 3.05. The number of carbonyl (C=O) groups is 1. The lowest BCUT2D eigenvalue weighted by molar-refractivity contribution is -0.385. The second-order valence-corrected chi connectivity index (χ2v) is 8.30. The van der Waals surface area contributed by atoms with Gasteiger partial charge in [0.05, 0.1) is 30.9 Å². The molecule has 4 aromatic rings. The van der Waals surface area contributed by atoms with Crippen molar-refractivity contribution in [2.24, 2.45) is 0 Å². The van der Waals surface area contributed by atoms with Gasteiger partial charge >= 0.3 is 0 Å². The minimum atomic E-state index is -0.521. The van der Waals surface area contributed by atoms with Gasteiger partial charge in [0, 0.05) is 22.8 Å². The highest BCUT2D eigenvalue weighted by molar-refractivity contribution is 7.21. The summed E-state index contributed by atoms with van der Waals surface area (Å²) < 4.78 is 1.01. The summed E-state index contributed by atoms with van der Waals surface area (Å²) in [6.45, 7) is 1.53. The van der Waals surface area contributed by atoms with Gasteiger partial charge in [-0.1, -0.05) is 41.4 Å². The van der Waals surface area contributed by atoms with Gasteiger partial charge in [0.1, 0.15) is 5.01 Å². The molecule has 1 aromatic heterocycles. The van der Waals surface area contributed by atoms with E-state index in [0.29, 0.717) is 21.3 Å². The molecule has 0 saturated heterocycles. The number of halogens is 2. The van der Waals surface area contributed by atoms with Gasteiger partial charge in [0.2, 0.25) is 0 Å². The average Bonchev–Trinajstić information content (AvgIpc) is 3.13. The van der Waals surface area contributed by atoms with Crippen LogP contribution in [0.3, 0.4) is 0 Å². The van der Waals surface area contributed by atoms with Gasteiger partial charge in [-0.15, -0.1) is 11.3 Å². The van der Waals surface area contributed by atoms with Crippen LogP contribution in [0, 0.1) is 17.0 Å². The number of nitro groups is 1. The molecule has 6 nitrogen and oxygen atoms in total. The monoisotopic (exact) mass is 457 g/mol. The first-order valence-corrected chi connectivity index (χ1v) is 10.3. The van der Waals surface area contributed by atoms with E-state index in [2.05, 4.69) is 10.3 Å². The van der Waals surface area contributed by atoms with Gasteiger partial charge in [-0.2, -0.15) is 0 Å². The molecule has 0 bridgehead atoms. The largest absolute Gasteiger partial charge is 0.321 e. The summed E-state index contributed by atoms with van der Waals surface area (Å²) in [4.78, 5) is 28.0. The molecular formula is C21H13Cl2N3O3S. The molecule has 9 heteroatoms. The predicted octanol–water partition coefficient (Wildman–Crippen LogP) is 6.74. The van der Waals surface area contributed by atoms with Crippen molar-refractivity contribution >= 4 is 62.0 Å². The minimum Gasteiger partial charge on any atom is -0.321 e. The molecule has 4 rings (SSSR count). The van der Waals surface area contributed by atoms with E-state index in [9.17, 15) is 14.9 Å². The third-order valence-corrected chi connectivity index (χ3v) is 6.27. The molecule has 3 aromatic carbocycles. The smallest absolute Gasteiger partial charge is 0.273 e. The molecule has 0 aliphatic rings. The SMILES string of the molecule is Cc1c(C(=O)Nc2cc(-c3nc4ccccc4s3)c(Cl)cc2Cl)cccc1[N+](=O)[O-]. The number of para-hydroxylation sites is 1. The highest BCUT2D eigenvalue weighted by Gasteiger charge is 2.20. The van der Waals surface area contributed by atoms with Crippen molar-refractivity contribution in [1.82, 2.24) is 4.98 Å². The Kier molecular flexibility index (Phi) is 5.42. The van der Waals surface area contributed by atoms with E-state index in [4.69, 9.17) is 23.2 Å². The Morgan fingerprint density at radius 2 is 1.87 bits per heavy atom. The number of thiazole rings is 1. The first-order valence-electron chi connectivity index (χ1n) is 8.75. The molecule has 0 fully saturated rings. The number of benzene rings is 3. The summed E-state index contributed by atoms with van der Waals surface area (Å²) in [7, 11) is 0. The van der Waals surface area contributed by atoms with Gasteiger partial charge in [-0.25, -0.2) is 4.98 Å². The van der Waals surface area contributed by atoms with Crippen LogP contribution in [-0.2, 0) is 0 Å². The number of nitrogens with one attached hydrogen (secondary N) is 1. The van der Waals surface area contributed by atoms with Crippen molar-refractivity contribution in [2.75, 3.05) is 5.32 Å². The van der Waals surface area contributed by atoms with Crippen LogP contribution in [0.1, 0.15) is 15.9 Å². The summed E-state index contributed by atoms with van der Waals surface area (Å²) in [5.41, 5.74) is 2.16. The van der Waals surface area contributed by atoms with Gasteiger partial charge < -0.3 is 5.32 Å². The Hall–Kier alpha value is -3.00. The van der Waals surface area contributed by atoms with Crippen LogP contribution in [0.25, 0.3) is 20.8 Å². The summed E-state index contributed by atoms with van der Waals surface area (Å²) in [5, 5.41) is 15.2.